The van der Waals surface area contributed by atoms with Crippen molar-refractivity contribution in [2.75, 3.05) is 0 Å². The van der Waals surface area contributed by atoms with E-state index in [-0.39, 0.29) is 12.1 Å². The molecule has 0 saturated heterocycles. The number of hydrogen-bond acceptors (Lipinski definition) is 4. The quantitative estimate of drug-likeness (QED) is 0.623. The zero-order chi connectivity index (χ0) is 13.9. The molecule has 0 radical (unpaired) electrons. The van der Waals surface area contributed by atoms with E-state index in [1.807, 2.05) is 20.8 Å². The Morgan fingerprint density at radius 1 is 1.50 bits per heavy atom. The van der Waals surface area contributed by atoms with E-state index in [1.165, 1.54) is 0 Å². The number of aryl methyl sites for hydroxylation is 2. The Kier molecular flexibility index (Phi) is 4.84. The Hall–Kier alpha value is -1.43. The van der Waals surface area contributed by atoms with E-state index in [9.17, 15) is 15.2 Å². The molecule has 0 aliphatic carbocycles. The molecule has 0 bridgehead atoms. The highest BCUT2D eigenvalue weighted by atomic mass is 16.6. The number of aliphatic hydroxyl groups excluding tert-OH is 1. The van der Waals surface area contributed by atoms with Gasteiger partial charge in [0.25, 0.3) is 0 Å². The largest absolute Gasteiger partial charge is 0.393 e. The van der Waals surface area contributed by atoms with E-state index in [0.717, 1.165) is 0 Å². The molecule has 1 aromatic heterocycles. The monoisotopic (exact) mass is 255 g/mol. The van der Waals surface area contributed by atoms with Crippen molar-refractivity contribution in [3.63, 3.8) is 0 Å². The normalized spacial score (nSPS) is 13.0. The number of nitrogens with zero attached hydrogens (tertiary/aromatic N) is 3. The molecule has 6 heteroatoms. The average Bonchev–Trinajstić information content (AvgIpc) is 2.53. The third kappa shape index (κ3) is 3.29. The number of rotatable bonds is 6. The standard InChI is InChI=1S/C12H21N3O3/c1-5-14-11(7-10(16)6-8(2)3)12(15(17)18)9(4)13-14/h8,10,16H,5-7H2,1-4H3. The first-order valence-electron chi connectivity index (χ1n) is 6.25. The van der Waals surface area contributed by atoms with E-state index < -0.39 is 11.0 Å². The fourth-order valence-electron chi connectivity index (χ4n) is 2.17. The lowest BCUT2D eigenvalue weighted by Gasteiger charge is -2.13. The lowest BCUT2D eigenvalue weighted by atomic mass is 10.0. The van der Waals surface area contributed by atoms with Gasteiger partial charge >= 0.3 is 5.69 Å². The molecule has 0 fully saturated rings. The number of hydrogen-bond donors (Lipinski definition) is 1. The highest BCUT2D eigenvalue weighted by molar-refractivity contribution is 5.40. The van der Waals surface area contributed by atoms with Crippen LogP contribution in [-0.4, -0.2) is 25.9 Å². The molecule has 1 rings (SSSR count). The third-order valence-electron chi connectivity index (χ3n) is 2.85. The van der Waals surface area contributed by atoms with Gasteiger partial charge in [-0.05, 0) is 26.2 Å². The number of aromatic nitrogens is 2. The summed E-state index contributed by atoms with van der Waals surface area (Å²) in [6.07, 6.45) is 0.346. The molecule has 6 nitrogen and oxygen atoms in total. The van der Waals surface area contributed by atoms with Gasteiger partial charge in [0.1, 0.15) is 11.4 Å². The molecular weight excluding hydrogens is 234 g/mol. The summed E-state index contributed by atoms with van der Waals surface area (Å²) in [5.74, 6) is 0.359. The molecule has 0 spiro atoms. The SMILES string of the molecule is CCn1nc(C)c([N+](=O)[O-])c1CC(O)CC(C)C. The molecule has 1 aromatic rings. The second-order valence-corrected chi connectivity index (χ2v) is 4.94. The molecule has 0 saturated carbocycles. The second-order valence-electron chi connectivity index (χ2n) is 4.94. The maximum Gasteiger partial charge on any atom is 0.313 e. The van der Waals surface area contributed by atoms with Gasteiger partial charge in [0, 0.05) is 13.0 Å². The molecule has 1 N–H and O–H groups in total. The molecular formula is C12H21N3O3. The molecule has 1 heterocycles. The summed E-state index contributed by atoms with van der Waals surface area (Å²) in [6, 6.07) is 0. The summed E-state index contributed by atoms with van der Waals surface area (Å²) in [5, 5.41) is 25.1. The van der Waals surface area contributed by atoms with Crippen molar-refractivity contribution in [1.29, 1.82) is 0 Å². The van der Waals surface area contributed by atoms with Crippen LogP contribution in [0, 0.1) is 23.0 Å². The van der Waals surface area contributed by atoms with Gasteiger partial charge in [-0.25, -0.2) is 0 Å². The second kappa shape index (κ2) is 5.95. The van der Waals surface area contributed by atoms with E-state index in [2.05, 4.69) is 5.10 Å². The van der Waals surface area contributed by atoms with E-state index in [1.54, 1.807) is 11.6 Å². The molecule has 0 aliphatic rings. The zero-order valence-corrected chi connectivity index (χ0v) is 11.4. The Morgan fingerprint density at radius 3 is 2.56 bits per heavy atom. The Labute approximate surface area is 107 Å². The maximum atomic E-state index is 11.0. The van der Waals surface area contributed by atoms with Gasteiger partial charge in [0.15, 0.2) is 0 Å². The summed E-state index contributed by atoms with van der Waals surface area (Å²) in [5.41, 5.74) is 0.974. The van der Waals surface area contributed by atoms with Gasteiger partial charge < -0.3 is 5.11 Å². The highest BCUT2D eigenvalue weighted by Gasteiger charge is 2.26. The van der Waals surface area contributed by atoms with Crippen LogP contribution in [0.4, 0.5) is 5.69 Å². The van der Waals surface area contributed by atoms with Gasteiger partial charge in [-0.2, -0.15) is 5.10 Å². The van der Waals surface area contributed by atoms with Crippen LogP contribution in [0.3, 0.4) is 0 Å². The molecule has 1 atom stereocenters. The van der Waals surface area contributed by atoms with Gasteiger partial charge in [-0.3, -0.25) is 14.8 Å². The van der Waals surface area contributed by atoms with Gasteiger partial charge in [0.2, 0.25) is 0 Å². The molecule has 1 unspecified atom stereocenters. The Morgan fingerprint density at radius 2 is 2.11 bits per heavy atom. The van der Waals surface area contributed by atoms with Crippen molar-refractivity contribution in [2.45, 2.75) is 53.2 Å². The van der Waals surface area contributed by atoms with E-state index in [0.29, 0.717) is 30.3 Å². The molecule has 18 heavy (non-hydrogen) atoms. The molecule has 0 aliphatic heterocycles. The van der Waals surface area contributed by atoms with Crippen LogP contribution in [0.1, 0.15) is 38.6 Å². The third-order valence-corrected chi connectivity index (χ3v) is 2.85. The smallest absolute Gasteiger partial charge is 0.313 e. The van der Waals surface area contributed by atoms with Gasteiger partial charge in [-0.15, -0.1) is 0 Å². The molecule has 0 amide bonds. The minimum absolute atomic E-state index is 0.0413. The molecule has 0 aromatic carbocycles. The van der Waals surface area contributed by atoms with Crippen LogP contribution in [0.25, 0.3) is 0 Å². The van der Waals surface area contributed by atoms with Crippen LogP contribution >= 0.6 is 0 Å². The average molecular weight is 255 g/mol. The first kappa shape index (κ1) is 14.6. The molecule has 102 valence electrons. The van der Waals surface area contributed by atoms with Crippen LogP contribution < -0.4 is 0 Å². The highest BCUT2D eigenvalue weighted by Crippen LogP contribution is 2.25. The summed E-state index contributed by atoms with van der Waals surface area (Å²) in [7, 11) is 0. The summed E-state index contributed by atoms with van der Waals surface area (Å²) in [4.78, 5) is 10.6. The van der Waals surface area contributed by atoms with Crippen LogP contribution in [0.2, 0.25) is 0 Å². The fourth-order valence-corrected chi connectivity index (χ4v) is 2.17. The Balaban J connectivity index is 3.02. The predicted molar refractivity (Wildman–Crippen MR) is 68.5 cm³/mol. The van der Waals surface area contributed by atoms with Crippen molar-refractivity contribution < 1.29 is 10.0 Å². The number of aliphatic hydroxyl groups is 1. The summed E-state index contributed by atoms with van der Waals surface area (Å²) < 4.78 is 1.61. The minimum atomic E-state index is -0.565. The Bertz CT molecular complexity index is 426. The summed E-state index contributed by atoms with van der Waals surface area (Å²) in [6.45, 7) is 8.11. The lowest BCUT2D eigenvalue weighted by Crippen LogP contribution is -2.17. The van der Waals surface area contributed by atoms with Crippen molar-refractivity contribution in [3.8, 4) is 0 Å². The lowest BCUT2D eigenvalue weighted by molar-refractivity contribution is -0.386. The fraction of sp³-hybridized carbons (Fsp3) is 0.750. The van der Waals surface area contributed by atoms with E-state index in [4.69, 9.17) is 0 Å². The van der Waals surface area contributed by atoms with Gasteiger partial charge in [-0.1, -0.05) is 13.8 Å². The zero-order valence-electron chi connectivity index (χ0n) is 11.4. The minimum Gasteiger partial charge on any atom is -0.393 e. The van der Waals surface area contributed by atoms with Gasteiger partial charge in [0.05, 0.1) is 11.0 Å². The van der Waals surface area contributed by atoms with Crippen molar-refractivity contribution in [1.82, 2.24) is 9.78 Å². The number of nitro groups is 1. The first-order chi connectivity index (χ1) is 8.36. The van der Waals surface area contributed by atoms with Crippen LogP contribution in [-0.2, 0) is 13.0 Å². The summed E-state index contributed by atoms with van der Waals surface area (Å²) >= 11 is 0. The first-order valence-corrected chi connectivity index (χ1v) is 6.25. The predicted octanol–water partition coefficient (Wildman–Crippen LogP) is 2.07. The maximum absolute atomic E-state index is 11.0. The topological polar surface area (TPSA) is 81.2 Å². The van der Waals surface area contributed by atoms with E-state index >= 15 is 0 Å². The van der Waals surface area contributed by atoms with Crippen molar-refractivity contribution in [3.05, 3.63) is 21.5 Å². The van der Waals surface area contributed by atoms with Crippen LogP contribution in [0.5, 0.6) is 0 Å². The van der Waals surface area contributed by atoms with Crippen LogP contribution in [0.15, 0.2) is 0 Å². The van der Waals surface area contributed by atoms with Crippen molar-refractivity contribution in [2.24, 2.45) is 5.92 Å². The van der Waals surface area contributed by atoms with Crippen molar-refractivity contribution >= 4 is 5.69 Å².